The molecule has 0 spiro atoms. The number of aromatic nitrogens is 4. The molecule has 0 radical (unpaired) electrons. The van der Waals surface area contributed by atoms with E-state index in [4.69, 9.17) is 4.98 Å². The molecule has 1 aliphatic rings. The molecule has 3 aromatic heterocycles. The van der Waals surface area contributed by atoms with E-state index in [1.165, 1.54) is 6.07 Å². The zero-order valence-electron chi connectivity index (χ0n) is 20.5. The third-order valence-corrected chi connectivity index (χ3v) is 7.86. The van der Waals surface area contributed by atoms with Gasteiger partial charge in [-0.1, -0.05) is 12.1 Å². The van der Waals surface area contributed by atoms with Crippen molar-refractivity contribution in [2.24, 2.45) is 0 Å². The van der Waals surface area contributed by atoms with E-state index in [9.17, 15) is 20.0 Å². The lowest BCUT2D eigenvalue weighted by Gasteiger charge is -2.28. The van der Waals surface area contributed by atoms with Crippen molar-refractivity contribution in [2.75, 3.05) is 17.3 Å². The fourth-order valence-corrected chi connectivity index (χ4v) is 5.81. The van der Waals surface area contributed by atoms with Crippen LogP contribution in [0.5, 0.6) is 0 Å². The molecule has 1 aliphatic carbocycles. The summed E-state index contributed by atoms with van der Waals surface area (Å²) >= 11 is 1.04. The molecule has 1 amide bonds. The smallest absolute Gasteiger partial charge is 0.304 e. The Kier molecular flexibility index (Phi) is 6.85. The van der Waals surface area contributed by atoms with E-state index in [0.29, 0.717) is 29.6 Å². The molecule has 192 valence electrons. The average Bonchev–Trinajstić information content (AvgIpc) is 3.49. The highest BCUT2D eigenvalue weighted by Gasteiger charge is 2.29. The third kappa shape index (κ3) is 5.02. The largest absolute Gasteiger partial charge is 0.393 e. The summed E-state index contributed by atoms with van der Waals surface area (Å²) < 4.78 is 2.05. The Bertz CT molecular complexity index is 1440. The minimum Gasteiger partial charge on any atom is -0.393 e. The van der Waals surface area contributed by atoms with Crippen LogP contribution < -0.4 is 10.2 Å². The number of nitrogens with zero attached hydrogens (tertiary/aromatic N) is 6. The number of fused-ring (bicyclic) bond motifs is 1. The number of imidazole rings is 1. The number of benzene rings is 1. The minimum atomic E-state index is -0.489. The topological polar surface area (TPSA) is 139 Å². The summed E-state index contributed by atoms with van der Waals surface area (Å²) in [7, 11) is 1.70. The van der Waals surface area contributed by atoms with Crippen molar-refractivity contribution in [2.45, 2.75) is 51.3 Å². The standard InChI is InChI=1S/C25H27N7O4S/c1-15-5-3-6-18-22(15)31(16-7-9-17(33)10-8-16)25(28-18)29-23(34)20-13-19(32(35)36)24(37-20)30(2)14-21-26-11-4-12-27-21/h3-6,11-13,16-17,33H,7-10,14H2,1-2H3,(H,28,29,34). The Labute approximate surface area is 217 Å². The first kappa shape index (κ1) is 24.8. The monoisotopic (exact) mass is 521 g/mol. The van der Waals surface area contributed by atoms with E-state index in [1.54, 1.807) is 30.4 Å². The second-order valence-corrected chi connectivity index (χ2v) is 10.3. The molecule has 37 heavy (non-hydrogen) atoms. The van der Waals surface area contributed by atoms with Crippen LogP contribution >= 0.6 is 11.3 Å². The molecule has 1 fully saturated rings. The number of rotatable bonds is 7. The first-order chi connectivity index (χ1) is 17.8. The molecule has 12 heteroatoms. The highest BCUT2D eigenvalue weighted by Crippen LogP contribution is 2.39. The van der Waals surface area contributed by atoms with Gasteiger partial charge < -0.3 is 14.6 Å². The van der Waals surface area contributed by atoms with Crippen LogP contribution in [0.15, 0.2) is 42.7 Å². The van der Waals surface area contributed by atoms with Gasteiger partial charge in [0.15, 0.2) is 5.00 Å². The van der Waals surface area contributed by atoms with Gasteiger partial charge in [0, 0.05) is 31.5 Å². The number of para-hydroxylation sites is 1. The van der Waals surface area contributed by atoms with Crippen molar-refractivity contribution in [3.8, 4) is 0 Å². The van der Waals surface area contributed by atoms with Crippen LogP contribution in [0.25, 0.3) is 11.0 Å². The normalized spacial score (nSPS) is 17.6. The predicted molar refractivity (Wildman–Crippen MR) is 141 cm³/mol. The van der Waals surface area contributed by atoms with Crippen molar-refractivity contribution in [1.82, 2.24) is 19.5 Å². The zero-order chi connectivity index (χ0) is 26.1. The fraction of sp³-hybridized carbons (Fsp3) is 0.360. The lowest BCUT2D eigenvalue weighted by atomic mass is 9.92. The van der Waals surface area contributed by atoms with E-state index in [-0.39, 0.29) is 29.3 Å². The van der Waals surface area contributed by atoms with Crippen LogP contribution in [-0.4, -0.2) is 48.6 Å². The second-order valence-electron chi connectivity index (χ2n) is 9.24. The predicted octanol–water partition coefficient (Wildman–Crippen LogP) is 4.47. The number of nitrogens with one attached hydrogen (secondary N) is 1. The summed E-state index contributed by atoms with van der Waals surface area (Å²) in [5, 5.41) is 25.1. The molecule has 1 aromatic carbocycles. The molecular formula is C25H27N7O4S. The number of aliphatic hydroxyl groups is 1. The van der Waals surface area contributed by atoms with Crippen molar-refractivity contribution < 1.29 is 14.8 Å². The lowest BCUT2D eigenvalue weighted by Crippen LogP contribution is -2.23. The van der Waals surface area contributed by atoms with Crippen molar-refractivity contribution >= 4 is 44.9 Å². The molecule has 2 N–H and O–H groups in total. The summed E-state index contributed by atoms with van der Waals surface area (Å²) in [6.07, 6.45) is 5.81. The number of carbonyl (C=O) groups excluding carboxylic acids is 1. The molecule has 1 saturated carbocycles. The molecule has 3 heterocycles. The summed E-state index contributed by atoms with van der Waals surface area (Å²) in [5.41, 5.74) is 2.59. The van der Waals surface area contributed by atoms with Gasteiger partial charge >= 0.3 is 5.69 Å². The Morgan fingerprint density at radius 3 is 2.68 bits per heavy atom. The number of carbonyl (C=O) groups is 1. The summed E-state index contributed by atoms with van der Waals surface area (Å²) in [6, 6.07) is 8.91. The number of nitro groups is 1. The lowest BCUT2D eigenvalue weighted by molar-refractivity contribution is -0.383. The van der Waals surface area contributed by atoms with Crippen molar-refractivity contribution in [1.29, 1.82) is 0 Å². The SMILES string of the molecule is Cc1cccc2nc(NC(=O)c3cc([N+](=O)[O-])c(N(C)Cc4ncccn4)s3)n(C3CCC(O)CC3)c12. The summed E-state index contributed by atoms with van der Waals surface area (Å²) in [6.45, 7) is 2.26. The van der Waals surface area contributed by atoms with Crippen LogP contribution in [0.3, 0.4) is 0 Å². The van der Waals surface area contributed by atoms with E-state index in [2.05, 4.69) is 19.9 Å². The fourth-order valence-electron chi connectivity index (χ4n) is 4.83. The van der Waals surface area contributed by atoms with Gasteiger partial charge in [0.1, 0.15) is 10.7 Å². The number of aliphatic hydroxyl groups excluding tert-OH is 1. The van der Waals surface area contributed by atoms with Gasteiger partial charge in [0.25, 0.3) is 5.91 Å². The number of aryl methyl sites for hydroxylation is 1. The van der Waals surface area contributed by atoms with Gasteiger partial charge in [-0.2, -0.15) is 0 Å². The average molecular weight is 522 g/mol. The minimum absolute atomic E-state index is 0.0787. The Morgan fingerprint density at radius 1 is 1.24 bits per heavy atom. The molecule has 0 bridgehead atoms. The highest BCUT2D eigenvalue weighted by molar-refractivity contribution is 7.18. The number of hydrogen-bond donors (Lipinski definition) is 2. The van der Waals surface area contributed by atoms with Gasteiger partial charge in [-0.15, -0.1) is 11.3 Å². The highest BCUT2D eigenvalue weighted by atomic mass is 32.1. The third-order valence-electron chi connectivity index (χ3n) is 6.63. The molecule has 4 aromatic rings. The van der Waals surface area contributed by atoms with Crippen LogP contribution in [-0.2, 0) is 6.54 Å². The second kappa shape index (κ2) is 10.2. The van der Waals surface area contributed by atoms with E-state index in [0.717, 1.165) is 40.8 Å². The van der Waals surface area contributed by atoms with Crippen LogP contribution in [0.2, 0.25) is 0 Å². The van der Waals surface area contributed by atoms with E-state index < -0.39 is 10.8 Å². The molecule has 0 atom stereocenters. The Hall–Kier alpha value is -3.90. The molecule has 5 rings (SSSR count). The van der Waals surface area contributed by atoms with Crippen molar-refractivity contribution in [3.63, 3.8) is 0 Å². The maximum absolute atomic E-state index is 13.4. The number of amides is 1. The maximum Gasteiger partial charge on any atom is 0.304 e. The van der Waals surface area contributed by atoms with Crippen LogP contribution in [0.4, 0.5) is 16.6 Å². The molecular weight excluding hydrogens is 494 g/mol. The summed E-state index contributed by atoms with van der Waals surface area (Å²) in [4.78, 5) is 39.6. The van der Waals surface area contributed by atoms with Gasteiger partial charge in [0.2, 0.25) is 5.95 Å². The number of hydrogen-bond acceptors (Lipinski definition) is 9. The Balaban J connectivity index is 1.46. The van der Waals surface area contributed by atoms with Crippen LogP contribution in [0.1, 0.15) is 52.8 Å². The first-order valence-electron chi connectivity index (χ1n) is 12.0. The van der Waals surface area contributed by atoms with E-state index >= 15 is 0 Å². The van der Waals surface area contributed by atoms with Crippen LogP contribution in [0, 0.1) is 17.0 Å². The molecule has 11 nitrogen and oxygen atoms in total. The van der Waals surface area contributed by atoms with Crippen molar-refractivity contribution in [3.05, 3.63) is 69.1 Å². The first-order valence-corrected chi connectivity index (χ1v) is 12.9. The molecule has 0 saturated heterocycles. The van der Waals surface area contributed by atoms with Gasteiger partial charge in [-0.25, -0.2) is 15.0 Å². The van der Waals surface area contributed by atoms with Gasteiger partial charge in [-0.3, -0.25) is 20.2 Å². The molecule has 0 unspecified atom stereocenters. The number of thiophene rings is 1. The Morgan fingerprint density at radius 2 is 1.97 bits per heavy atom. The zero-order valence-corrected chi connectivity index (χ0v) is 21.3. The summed E-state index contributed by atoms with van der Waals surface area (Å²) in [5.74, 6) is 0.452. The maximum atomic E-state index is 13.4. The van der Waals surface area contributed by atoms with Gasteiger partial charge in [-0.05, 0) is 50.3 Å². The van der Waals surface area contributed by atoms with Gasteiger partial charge in [0.05, 0.1) is 28.6 Å². The number of anilines is 2. The quantitative estimate of drug-likeness (QED) is 0.268. The molecule has 0 aliphatic heterocycles. The van der Waals surface area contributed by atoms with E-state index in [1.807, 2.05) is 25.1 Å².